The predicted molar refractivity (Wildman–Crippen MR) is 101 cm³/mol. The molecule has 0 fully saturated rings. The quantitative estimate of drug-likeness (QED) is 0.626. The molecule has 3 amide bonds. The average molecular weight is 386 g/mol. The molecule has 142 valence electrons. The highest BCUT2D eigenvalue weighted by Crippen LogP contribution is 2.28. The Kier molecular flexibility index (Phi) is 4.69. The first kappa shape index (κ1) is 17.7. The Hall–Kier alpha value is -2.68. The molecule has 27 heavy (non-hydrogen) atoms. The molecule has 1 unspecified atom stereocenters. The zero-order chi connectivity index (χ0) is 19.0. The Morgan fingerprint density at radius 2 is 2.22 bits per heavy atom. The standard InChI is InChI=1S/C18H22N6O2S/c1-9-14(16(24-18(26)22-9)15-10(2)20-8-21-15)17(25)19-7-6-13-23-11-4-3-5-12(11)27-13/h8,16H,3-7H2,1-2H3,(H,19,25)(H,20,21)(H2,22,24,26). The molecule has 3 heterocycles. The van der Waals surface area contributed by atoms with E-state index in [0.29, 0.717) is 29.9 Å². The maximum absolute atomic E-state index is 12.8. The van der Waals surface area contributed by atoms with Gasteiger partial charge >= 0.3 is 6.03 Å². The van der Waals surface area contributed by atoms with Gasteiger partial charge in [-0.05, 0) is 33.1 Å². The van der Waals surface area contributed by atoms with Crippen LogP contribution in [0.3, 0.4) is 0 Å². The Balaban J connectivity index is 1.45. The summed E-state index contributed by atoms with van der Waals surface area (Å²) >= 11 is 1.75. The Morgan fingerprint density at radius 3 is 2.96 bits per heavy atom. The van der Waals surface area contributed by atoms with Crippen molar-refractivity contribution in [3.63, 3.8) is 0 Å². The molecule has 0 radical (unpaired) electrons. The number of hydrogen-bond acceptors (Lipinski definition) is 5. The molecular weight excluding hydrogens is 364 g/mol. The third-order valence-corrected chi connectivity index (χ3v) is 6.14. The Morgan fingerprint density at radius 1 is 1.37 bits per heavy atom. The lowest BCUT2D eigenvalue weighted by molar-refractivity contribution is -0.117. The summed E-state index contributed by atoms with van der Waals surface area (Å²) in [7, 11) is 0. The summed E-state index contributed by atoms with van der Waals surface area (Å²) in [5, 5.41) is 9.50. The number of urea groups is 1. The number of nitrogens with one attached hydrogen (secondary N) is 4. The molecule has 0 aromatic carbocycles. The fraction of sp³-hybridized carbons (Fsp3) is 0.444. The number of amides is 3. The summed E-state index contributed by atoms with van der Waals surface area (Å²) < 4.78 is 0. The number of hydrogen-bond donors (Lipinski definition) is 4. The van der Waals surface area contributed by atoms with Crippen LogP contribution in [0.25, 0.3) is 0 Å². The number of carbonyl (C=O) groups is 2. The molecule has 1 aliphatic heterocycles. The molecule has 2 aromatic heterocycles. The third kappa shape index (κ3) is 3.46. The van der Waals surface area contributed by atoms with E-state index in [1.165, 1.54) is 17.0 Å². The summed E-state index contributed by atoms with van der Waals surface area (Å²) in [5.74, 6) is -0.212. The van der Waals surface area contributed by atoms with Crippen LogP contribution in [0.4, 0.5) is 4.79 Å². The monoisotopic (exact) mass is 386 g/mol. The maximum atomic E-state index is 12.8. The van der Waals surface area contributed by atoms with Crippen molar-refractivity contribution in [2.75, 3.05) is 6.54 Å². The number of nitrogens with zero attached hydrogens (tertiary/aromatic N) is 2. The van der Waals surface area contributed by atoms with Gasteiger partial charge in [0.2, 0.25) is 0 Å². The van der Waals surface area contributed by atoms with E-state index in [9.17, 15) is 9.59 Å². The van der Waals surface area contributed by atoms with Crippen LogP contribution in [0.5, 0.6) is 0 Å². The highest BCUT2D eigenvalue weighted by molar-refractivity contribution is 7.11. The second kappa shape index (κ2) is 7.15. The van der Waals surface area contributed by atoms with E-state index in [-0.39, 0.29) is 11.9 Å². The van der Waals surface area contributed by atoms with Crippen molar-refractivity contribution >= 4 is 23.3 Å². The van der Waals surface area contributed by atoms with Crippen molar-refractivity contribution in [1.29, 1.82) is 0 Å². The topological polar surface area (TPSA) is 112 Å². The molecular formula is C18H22N6O2S. The van der Waals surface area contributed by atoms with Gasteiger partial charge in [0.25, 0.3) is 5.91 Å². The maximum Gasteiger partial charge on any atom is 0.319 e. The second-order valence-electron chi connectivity index (χ2n) is 6.82. The largest absolute Gasteiger partial charge is 0.352 e. The van der Waals surface area contributed by atoms with Gasteiger partial charge in [0.1, 0.15) is 6.04 Å². The van der Waals surface area contributed by atoms with Gasteiger partial charge in [-0.1, -0.05) is 0 Å². The molecule has 8 nitrogen and oxygen atoms in total. The number of aryl methyl sites for hydroxylation is 3. The van der Waals surface area contributed by atoms with E-state index in [4.69, 9.17) is 0 Å². The number of allylic oxidation sites excluding steroid dienone is 1. The zero-order valence-corrected chi connectivity index (χ0v) is 16.1. The summed E-state index contributed by atoms with van der Waals surface area (Å²) in [6.45, 7) is 4.10. The van der Waals surface area contributed by atoms with Crippen molar-refractivity contribution in [2.24, 2.45) is 0 Å². The molecule has 0 bridgehead atoms. The van der Waals surface area contributed by atoms with Crippen LogP contribution in [0.1, 0.15) is 46.4 Å². The summed E-state index contributed by atoms with van der Waals surface area (Å²) in [4.78, 5) is 38.1. The summed E-state index contributed by atoms with van der Waals surface area (Å²) in [6.07, 6.45) is 5.67. The SMILES string of the molecule is CC1=C(C(=O)NCCc2nc3c(s2)CCC3)C(c2nc[nH]c2C)NC(=O)N1. The average Bonchev–Trinajstić information content (AvgIpc) is 3.30. The fourth-order valence-electron chi connectivity index (χ4n) is 3.59. The van der Waals surface area contributed by atoms with Crippen LogP contribution in [0, 0.1) is 6.92 Å². The van der Waals surface area contributed by atoms with Gasteiger partial charge in [-0.3, -0.25) is 4.79 Å². The number of fused-ring (bicyclic) bond motifs is 1. The minimum atomic E-state index is -0.575. The number of thiazole rings is 1. The number of carbonyl (C=O) groups excluding carboxylic acids is 2. The van der Waals surface area contributed by atoms with Gasteiger partial charge in [0, 0.05) is 29.2 Å². The first-order chi connectivity index (χ1) is 13.0. The van der Waals surface area contributed by atoms with E-state index in [1.807, 2.05) is 6.92 Å². The molecule has 1 atom stereocenters. The van der Waals surface area contributed by atoms with Gasteiger partial charge in [-0.15, -0.1) is 11.3 Å². The van der Waals surface area contributed by atoms with E-state index in [1.54, 1.807) is 24.6 Å². The molecule has 9 heteroatoms. The highest BCUT2D eigenvalue weighted by Gasteiger charge is 2.33. The molecule has 0 saturated heterocycles. The first-order valence-corrected chi connectivity index (χ1v) is 9.88. The lowest BCUT2D eigenvalue weighted by Gasteiger charge is -2.27. The van der Waals surface area contributed by atoms with Crippen LogP contribution in [0.15, 0.2) is 17.6 Å². The minimum absolute atomic E-state index is 0.212. The number of aromatic amines is 1. The molecule has 2 aromatic rings. The molecule has 0 spiro atoms. The van der Waals surface area contributed by atoms with Crippen molar-refractivity contribution in [3.05, 3.63) is 44.6 Å². The minimum Gasteiger partial charge on any atom is -0.352 e. The van der Waals surface area contributed by atoms with Gasteiger partial charge in [0.05, 0.1) is 28.3 Å². The van der Waals surface area contributed by atoms with E-state index in [0.717, 1.165) is 23.5 Å². The molecule has 1 aliphatic carbocycles. The van der Waals surface area contributed by atoms with E-state index < -0.39 is 6.04 Å². The normalized spacial score (nSPS) is 18.9. The predicted octanol–water partition coefficient (Wildman–Crippen LogP) is 1.65. The van der Waals surface area contributed by atoms with Crippen LogP contribution >= 0.6 is 11.3 Å². The second-order valence-corrected chi connectivity index (χ2v) is 7.99. The van der Waals surface area contributed by atoms with Crippen molar-refractivity contribution < 1.29 is 9.59 Å². The van der Waals surface area contributed by atoms with E-state index >= 15 is 0 Å². The number of rotatable bonds is 5. The van der Waals surface area contributed by atoms with E-state index in [2.05, 4.69) is 30.9 Å². The van der Waals surface area contributed by atoms with Gasteiger partial charge in [0.15, 0.2) is 0 Å². The fourth-order valence-corrected chi connectivity index (χ4v) is 4.75. The van der Waals surface area contributed by atoms with Crippen LogP contribution < -0.4 is 16.0 Å². The zero-order valence-electron chi connectivity index (χ0n) is 15.3. The van der Waals surface area contributed by atoms with Crippen LogP contribution in [-0.2, 0) is 24.1 Å². The number of H-pyrrole nitrogens is 1. The van der Waals surface area contributed by atoms with Gasteiger partial charge in [-0.2, -0.15) is 0 Å². The van der Waals surface area contributed by atoms with Crippen molar-refractivity contribution in [2.45, 2.75) is 45.6 Å². The van der Waals surface area contributed by atoms with Crippen molar-refractivity contribution in [3.8, 4) is 0 Å². The Bertz CT molecular complexity index is 907. The summed E-state index contributed by atoms with van der Waals surface area (Å²) in [6, 6.07) is -0.914. The molecule has 0 saturated carbocycles. The summed E-state index contributed by atoms with van der Waals surface area (Å²) in [5.41, 5.74) is 3.71. The van der Waals surface area contributed by atoms with Gasteiger partial charge < -0.3 is 20.9 Å². The first-order valence-electron chi connectivity index (χ1n) is 9.06. The lowest BCUT2D eigenvalue weighted by atomic mass is 9.98. The molecule has 4 N–H and O–H groups in total. The lowest BCUT2D eigenvalue weighted by Crippen LogP contribution is -2.47. The molecule has 4 rings (SSSR count). The third-order valence-electron chi connectivity index (χ3n) is 4.92. The van der Waals surface area contributed by atoms with Gasteiger partial charge in [-0.25, -0.2) is 14.8 Å². The van der Waals surface area contributed by atoms with Crippen LogP contribution in [-0.4, -0.2) is 33.4 Å². The smallest absolute Gasteiger partial charge is 0.319 e. The molecule has 2 aliphatic rings. The number of imidazole rings is 1. The number of aromatic nitrogens is 3. The van der Waals surface area contributed by atoms with Crippen LogP contribution in [0.2, 0.25) is 0 Å². The highest BCUT2D eigenvalue weighted by atomic mass is 32.1. The Labute approximate surface area is 160 Å². The van der Waals surface area contributed by atoms with Crippen molar-refractivity contribution in [1.82, 2.24) is 30.9 Å².